The number of rotatable bonds is 4. The molecule has 0 aliphatic heterocycles. The number of hydrogen-bond donors (Lipinski definition) is 0. The minimum absolute atomic E-state index is 0.00561. The van der Waals surface area contributed by atoms with Gasteiger partial charge in [-0.05, 0) is 25.1 Å². The van der Waals surface area contributed by atoms with E-state index in [1.807, 2.05) is 13.0 Å². The molecule has 0 spiro atoms. The quantitative estimate of drug-likeness (QED) is 0.730. The molecule has 0 N–H and O–H groups in total. The van der Waals surface area contributed by atoms with E-state index in [9.17, 15) is 0 Å². The average Bonchev–Trinajstić information content (AvgIpc) is 2.18. The van der Waals surface area contributed by atoms with Crippen molar-refractivity contribution in [3.05, 3.63) is 29.8 Å². The topological polar surface area (TPSA) is 42.2 Å². The first-order valence-electron chi connectivity index (χ1n) is 4.42. The molecule has 0 bridgehead atoms. The fraction of sp³-hybridized carbons (Fsp3) is 0.364. The molecular weight excluding hydrogens is 178 g/mol. The van der Waals surface area contributed by atoms with E-state index in [1.165, 1.54) is 0 Å². The van der Waals surface area contributed by atoms with Crippen LogP contribution in [-0.4, -0.2) is 19.8 Å². The van der Waals surface area contributed by atoms with Crippen LogP contribution < -0.4 is 4.74 Å². The molecule has 0 aliphatic rings. The Kier molecular flexibility index (Phi) is 3.96. The molecule has 0 heterocycles. The molecule has 0 aromatic heterocycles. The molecule has 1 atom stereocenters. The van der Waals surface area contributed by atoms with E-state index in [1.54, 1.807) is 25.3 Å². The molecule has 0 amide bonds. The fourth-order valence-corrected chi connectivity index (χ4v) is 1.14. The number of nitriles is 1. The van der Waals surface area contributed by atoms with E-state index in [4.69, 9.17) is 14.7 Å². The predicted molar refractivity (Wildman–Crippen MR) is 53.1 cm³/mol. The zero-order valence-electron chi connectivity index (χ0n) is 8.36. The second kappa shape index (κ2) is 5.25. The SMILES string of the molecule is COCC(C)Oc1cccc(C#N)c1. The molecule has 0 aliphatic carbocycles. The highest BCUT2D eigenvalue weighted by Crippen LogP contribution is 2.14. The van der Waals surface area contributed by atoms with Crippen LogP contribution in [0.15, 0.2) is 24.3 Å². The van der Waals surface area contributed by atoms with Crippen LogP contribution in [-0.2, 0) is 4.74 Å². The molecular formula is C11H13NO2. The Morgan fingerprint density at radius 3 is 2.93 bits per heavy atom. The molecule has 0 saturated carbocycles. The van der Waals surface area contributed by atoms with Gasteiger partial charge in [0.15, 0.2) is 0 Å². The summed E-state index contributed by atoms with van der Waals surface area (Å²) < 4.78 is 10.5. The maximum atomic E-state index is 8.67. The Balaban J connectivity index is 2.63. The third kappa shape index (κ3) is 3.08. The van der Waals surface area contributed by atoms with E-state index in [-0.39, 0.29) is 6.10 Å². The second-order valence-corrected chi connectivity index (χ2v) is 3.02. The summed E-state index contributed by atoms with van der Waals surface area (Å²) >= 11 is 0. The van der Waals surface area contributed by atoms with E-state index < -0.39 is 0 Å². The predicted octanol–water partition coefficient (Wildman–Crippen LogP) is 1.97. The first-order chi connectivity index (χ1) is 6.76. The summed E-state index contributed by atoms with van der Waals surface area (Å²) in [6.45, 7) is 2.46. The Labute approximate surface area is 83.9 Å². The van der Waals surface area contributed by atoms with Crippen molar-refractivity contribution in [3.8, 4) is 11.8 Å². The average molecular weight is 191 g/mol. The molecule has 0 saturated heterocycles. The number of hydrogen-bond acceptors (Lipinski definition) is 3. The lowest BCUT2D eigenvalue weighted by Crippen LogP contribution is -2.17. The zero-order valence-corrected chi connectivity index (χ0v) is 8.36. The van der Waals surface area contributed by atoms with Crippen molar-refractivity contribution < 1.29 is 9.47 Å². The molecule has 1 rings (SSSR count). The fourth-order valence-electron chi connectivity index (χ4n) is 1.14. The van der Waals surface area contributed by atoms with E-state index >= 15 is 0 Å². The van der Waals surface area contributed by atoms with Gasteiger partial charge in [-0.3, -0.25) is 0 Å². The monoisotopic (exact) mass is 191 g/mol. The zero-order chi connectivity index (χ0) is 10.4. The van der Waals surface area contributed by atoms with Gasteiger partial charge in [-0.25, -0.2) is 0 Å². The summed E-state index contributed by atoms with van der Waals surface area (Å²) in [5.41, 5.74) is 0.604. The summed E-state index contributed by atoms with van der Waals surface area (Å²) in [4.78, 5) is 0. The number of nitrogens with zero attached hydrogens (tertiary/aromatic N) is 1. The summed E-state index contributed by atoms with van der Waals surface area (Å²) in [5, 5.41) is 8.67. The lowest BCUT2D eigenvalue weighted by atomic mass is 10.2. The van der Waals surface area contributed by atoms with Crippen LogP contribution in [0.3, 0.4) is 0 Å². The Morgan fingerprint density at radius 2 is 2.29 bits per heavy atom. The Hall–Kier alpha value is -1.53. The molecule has 0 radical (unpaired) electrons. The minimum atomic E-state index is -0.00561. The van der Waals surface area contributed by atoms with Crippen molar-refractivity contribution in [3.63, 3.8) is 0 Å². The molecule has 0 fully saturated rings. The van der Waals surface area contributed by atoms with Crippen LogP contribution in [0.1, 0.15) is 12.5 Å². The van der Waals surface area contributed by atoms with Gasteiger partial charge in [0.2, 0.25) is 0 Å². The smallest absolute Gasteiger partial charge is 0.121 e. The van der Waals surface area contributed by atoms with Gasteiger partial charge in [-0.15, -0.1) is 0 Å². The van der Waals surface area contributed by atoms with Crippen molar-refractivity contribution >= 4 is 0 Å². The maximum absolute atomic E-state index is 8.67. The lowest BCUT2D eigenvalue weighted by Gasteiger charge is -2.13. The van der Waals surface area contributed by atoms with Crippen LogP contribution in [0.25, 0.3) is 0 Å². The highest BCUT2D eigenvalue weighted by molar-refractivity contribution is 5.36. The van der Waals surface area contributed by atoms with Crippen molar-refractivity contribution in [1.29, 1.82) is 5.26 Å². The molecule has 1 aromatic carbocycles. The van der Waals surface area contributed by atoms with Crippen molar-refractivity contribution in [2.45, 2.75) is 13.0 Å². The van der Waals surface area contributed by atoms with Crippen LogP contribution >= 0.6 is 0 Å². The van der Waals surface area contributed by atoms with Crippen LogP contribution in [0, 0.1) is 11.3 Å². The van der Waals surface area contributed by atoms with Gasteiger partial charge in [-0.1, -0.05) is 6.07 Å². The van der Waals surface area contributed by atoms with Crippen molar-refractivity contribution in [1.82, 2.24) is 0 Å². The largest absolute Gasteiger partial charge is 0.488 e. The summed E-state index contributed by atoms with van der Waals surface area (Å²) in [5.74, 6) is 0.702. The first-order valence-corrected chi connectivity index (χ1v) is 4.42. The Bertz CT molecular complexity index is 330. The number of benzene rings is 1. The van der Waals surface area contributed by atoms with Gasteiger partial charge in [0.1, 0.15) is 11.9 Å². The molecule has 74 valence electrons. The van der Waals surface area contributed by atoms with Crippen molar-refractivity contribution in [2.24, 2.45) is 0 Å². The van der Waals surface area contributed by atoms with Crippen LogP contribution in [0.5, 0.6) is 5.75 Å². The lowest BCUT2D eigenvalue weighted by molar-refractivity contribution is 0.0921. The number of ether oxygens (including phenoxy) is 2. The third-order valence-corrected chi connectivity index (χ3v) is 1.70. The Morgan fingerprint density at radius 1 is 1.50 bits per heavy atom. The van der Waals surface area contributed by atoms with Gasteiger partial charge in [0.05, 0.1) is 18.2 Å². The molecule has 14 heavy (non-hydrogen) atoms. The second-order valence-electron chi connectivity index (χ2n) is 3.02. The van der Waals surface area contributed by atoms with Gasteiger partial charge in [0, 0.05) is 7.11 Å². The van der Waals surface area contributed by atoms with E-state index in [0.29, 0.717) is 17.9 Å². The maximum Gasteiger partial charge on any atom is 0.121 e. The highest BCUT2D eigenvalue weighted by atomic mass is 16.5. The van der Waals surface area contributed by atoms with Crippen molar-refractivity contribution in [2.75, 3.05) is 13.7 Å². The highest BCUT2D eigenvalue weighted by Gasteiger charge is 2.03. The minimum Gasteiger partial charge on any atom is -0.488 e. The van der Waals surface area contributed by atoms with Gasteiger partial charge in [0.25, 0.3) is 0 Å². The summed E-state index contributed by atoms with van der Waals surface area (Å²) in [7, 11) is 1.63. The normalized spacial score (nSPS) is 11.8. The molecule has 1 aromatic rings. The third-order valence-electron chi connectivity index (χ3n) is 1.70. The van der Waals surface area contributed by atoms with Gasteiger partial charge < -0.3 is 9.47 Å². The van der Waals surface area contributed by atoms with E-state index in [0.717, 1.165) is 0 Å². The van der Waals surface area contributed by atoms with Gasteiger partial charge >= 0.3 is 0 Å². The number of methoxy groups -OCH3 is 1. The van der Waals surface area contributed by atoms with Crippen LogP contribution in [0.4, 0.5) is 0 Å². The first kappa shape index (κ1) is 10.6. The summed E-state index contributed by atoms with van der Waals surface area (Å²) in [6, 6.07) is 9.15. The molecule has 1 unspecified atom stereocenters. The van der Waals surface area contributed by atoms with Crippen LogP contribution in [0.2, 0.25) is 0 Å². The summed E-state index contributed by atoms with van der Waals surface area (Å²) in [6.07, 6.45) is -0.00561. The van der Waals surface area contributed by atoms with Gasteiger partial charge in [-0.2, -0.15) is 5.26 Å². The standard InChI is InChI=1S/C11H13NO2/c1-9(8-13-2)14-11-5-3-4-10(6-11)7-12/h3-6,9H,8H2,1-2H3. The molecule has 3 nitrogen and oxygen atoms in total. The van der Waals surface area contributed by atoms with E-state index in [2.05, 4.69) is 6.07 Å². The molecule has 3 heteroatoms.